The summed E-state index contributed by atoms with van der Waals surface area (Å²) in [5.74, 6) is 1.06. The number of ether oxygens (including phenoxy) is 1. The molecule has 4 aromatic rings. The molecule has 4 N–H and O–H groups in total. The van der Waals surface area contributed by atoms with Crippen LogP contribution in [-0.2, 0) is 50.1 Å². The zero-order valence-corrected chi connectivity index (χ0v) is 26.3. The molecule has 0 fully saturated rings. The van der Waals surface area contributed by atoms with Crippen molar-refractivity contribution in [3.63, 3.8) is 0 Å². The summed E-state index contributed by atoms with van der Waals surface area (Å²) >= 11 is 11.7. The monoisotopic (exact) mass is 665 g/mol. The minimum absolute atomic E-state index is 0. The third kappa shape index (κ3) is 8.98. The summed E-state index contributed by atoms with van der Waals surface area (Å²) in [5.41, 5.74) is 4.57. The summed E-state index contributed by atoms with van der Waals surface area (Å²) in [6.45, 7) is 1.12. The van der Waals surface area contributed by atoms with Crippen molar-refractivity contribution >= 4 is 45.1 Å². The zero-order valence-electron chi connectivity index (χ0n) is 21.1. The fourth-order valence-electron chi connectivity index (χ4n) is 4.12. The van der Waals surface area contributed by atoms with Crippen molar-refractivity contribution in [3.8, 4) is 11.5 Å². The van der Waals surface area contributed by atoms with E-state index in [1.165, 1.54) is 17.2 Å². The molecular weight excluding hydrogens is 638 g/mol. The van der Waals surface area contributed by atoms with E-state index in [9.17, 15) is 9.32 Å². The largest absolute Gasteiger partial charge is 0.650 e. The first-order chi connectivity index (χ1) is 18.3. The SMILES string of the molecule is CS(=O)NCC(O)COc1ccc(C2[N-]CCc3c2[nH]c2ccc(Cl)cc32)cc1.OOc1ccc(Cl)cc1.[Y]. The Morgan fingerprint density at radius 2 is 1.74 bits per heavy atom. The molecular formula is C27H28Cl2N3O5SY-. The minimum Gasteiger partial charge on any atom is -0.650 e. The maximum Gasteiger partial charge on any atom is 0.165 e. The maximum atomic E-state index is 11.0. The average Bonchev–Trinajstić information content (AvgIpc) is 3.30. The Hall–Kier alpha value is -1.53. The molecule has 2 heterocycles. The molecule has 1 aliphatic heterocycles. The molecule has 12 heteroatoms. The third-order valence-corrected chi connectivity index (χ3v) is 6.99. The average molecular weight is 666 g/mol. The van der Waals surface area contributed by atoms with Gasteiger partial charge in [0, 0.05) is 72.2 Å². The Morgan fingerprint density at radius 3 is 2.41 bits per heavy atom. The first-order valence-corrected chi connectivity index (χ1v) is 14.2. The number of nitrogens with one attached hydrogen (secondary N) is 2. The molecule has 1 aromatic heterocycles. The molecule has 0 spiro atoms. The van der Waals surface area contributed by atoms with E-state index in [-0.39, 0.29) is 51.9 Å². The maximum absolute atomic E-state index is 11.0. The molecule has 5 rings (SSSR count). The summed E-state index contributed by atoms with van der Waals surface area (Å²) in [6, 6.07) is 20.1. The normalized spacial score (nSPS) is 15.8. The van der Waals surface area contributed by atoms with Crippen molar-refractivity contribution in [2.45, 2.75) is 18.6 Å². The molecule has 3 aromatic carbocycles. The summed E-state index contributed by atoms with van der Waals surface area (Å²) in [5, 5.41) is 25.3. The van der Waals surface area contributed by atoms with Gasteiger partial charge in [-0.1, -0.05) is 46.9 Å². The smallest absolute Gasteiger partial charge is 0.165 e. The zero-order chi connectivity index (χ0) is 27.1. The van der Waals surface area contributed by atoms with Crippen molar-refractivity contribution in [2.75, 3.05) is 26.0 Å². The molecule has 205 valence electrons. The molecule has 0 amide bonds. The van der Waals surface area contributed by atoms with E-state index in [0.717, 1.165) is 34.8 Å². The van der Waals surface area contributed by atoms with Gasteiger partial charge in [0.25, 0.3) is 0 Å². The number of hydrogen-bond acceptors (Lipinski definition) is 5. The molecule has 39 heavy (non-hydrogen) atoms. The standard InChI is InChI=1S/C21H23ClN3O3S.C6H5ClO2.Y/c1-29(27)24-11-15(26)12-28-16-5-2-13(3-6-16)20-21-17(8-9-23-20)18-10-14(22)4-7-19(18)25-21;7-5-1-3-6(9-8)4-2-5;/h2-7,10,15,20,24-26H,8-9,11-12H2,1H3;1-4,8H;/q-1;;. The Balaban J connectivity index is 0.000000359. The van der Waals surface area contributed by atoms with E-state index >= 15 is 0 Å². The predicted molar refractivity (Wildman–Crippen MR) is 152 cm³/mol. The summed E-state index contributed by atoms with van der Waals surface area (Å²) in [6.07, 6.45) is 1.70. The van der Waals surface area contributed by atoms with Gasteiger partial charge in [0.05, 0.1) is 11.0 Å². The fraction of sp³-hybridized carbons (Fsp3) is 0.259. The summed E-state index contributed by atoms with van der Waals surface area (Å²) < 4.78 is 19.3. The molecule has 1 aliphatic rings. The first kappa shape index (κ1) is 32.0. The number of aliphatic hydroxyl groups is 1. The number of hydrogen-bond donors (Lipinski definition) is 4. The van der Waals surface area contributed by atoms with Gasteiger partial charge in [-0.3, -0.25) is 0 Å². The number of H-pyrrole nitrogens is 1. The van der Waals surface area contributed by atoms with Gasteiger partial charge in [-0.05, 0) is 66.6 Å². The van der Waals surface area contributed by atoms with Crippen LogP contribution in [0.3, 0.4) is 0 Å². The van der Waals surface area contributed by atoms with Crippen LogP contribution >= 0.6 is 23.2 Å². The summed E-state index contributed by atoms with van der Waals surface area (Å²) in [4.78, 5) is 7.43. The number of aromatic amines is 1. The summed E-state index contributed by atoms with van der Waals surface area (Å²) in [7, 11) is -1.15. The number of rotatable bonds is 8. The molecule has 1 radical (unpaired) electrons. The van der Waals surface area contributed by atoms with Crippen LogP contribution in [0.5, 0.6) is 11.5 Å². The Labute approximate surface area is 264 Å². The van der Waals surface area contributed by atoms with Crippen LogP contribution in [0, 0.1) is 0 Å². The second kappa shape index (κ2) is 15.5. The molecule has 0 bridgehead atoms. The van der Waals surface area contributed by atoms with Gasteiger partial charge in [-0.2, -0.15) is 0 Å². The van der Waals surface area contributed by atoms with Crippen LogP contribution in [0.4, 0.5) is 0 Å². The van der Waals surface area contributed by atoms with Gasteiger partial charge < -0.3 is 25.0 Å². The van der Waals surface area contributed by atoms with Gasteiger partial charge in [0.2, 0.25) is 0 Å². The van der Waals surface area contributed by atoms with Crippen molar-refractivity contribution in [3.05, 3.63) is 98.9 Å². The van der Waals surface area contributed by atoms with Crippen molar-refractivity contribution in [2.24, 2.45) is 0 Å². The minimum atomic E-state index is -1.15. The Bertz CT molecular complexity index is 1370. The molecule has 8 nitrogen and oxygen atoms in total. The van der Waals surface area contributed by atoms with Crippen molar-refractivity contribution in [1.82, 2.24) is 9.71 Å². The van der Waals surface area contributed by atoms with Gasteiger partial charge in [-0.15, -0.1) is 6.54 Å². The van der Waals surface area contributed by atoms with E-state index in [0.29, 0.717) is 16.5 Å². The van der Waals surface area contributed by atoms with E-state index in [4.69, 9.17) is 38.5 Å². The first-order valence-electron chi connectivity index (χ1n) is 11.9. The van der Waals surface area contributed by atoms with Crippen LogP contribution in [0.1, 0.15) is 22.9 Å². The number of nitrogens with zero attached hydrogens (tertiary/aromatic N) is 1. The fourth-order valence-corrected chi connectivity index (χ4v) is 4.84. The number of fused-ring (bicyclic) bond motifs is 3. The molecule has 3 atom stereocenters. The second-order valence-electron chi connectivity index (χ2n) is 8.65. The van der Waals surface area contributed by atoms with Crippen molar-refractivity contribution < 1.29 is 56.9 Å². The molecule has 0 saturated heterocycles. The van der Waals surface area contributed by atoms with Crippen LogP contribution in [-0.4, -0.2) is 51.6 Å². The second-order valence-corrected chi connectivity index (χ2v) is 10.7. The van der Waals surface area contributed by atoms with Gasteiger partial charge >= 0.3 is 0 Å². The van der Waals surface area contributed by atoms with Gasteiger partial charge in [-0.25, -0.2) is 14.2 Å². The third-order valence-electron chi connectivity index (χ3n) is 5.93. The van der Waals surface area contributed by atoms with Crippen molar-refractivity contribution in [1.29, 1.82) is 0 Å². The Kier molecular flexibility index (Phi) is 12.7. The molecule has 3 unspecified atom stereocenters. The molecule has 0 aliphatic carbocycles. The Morgan fingerprint density at radius 1 is 1.08 bits per heavy atom. The number of benzene rings is 3. The van der Waals surface area contributed by atoms with Gasteiger partial charge in [0.15, 0.2) is 5.75 Å². The van der Waals surface area contributed by atoms with E-state index in [2.05, 4.69) is 14.6 Å². The van der Waals surface area contributed by atoms with E-state index in [1.54, 1.807) is 24.3 Å². The topological polar surface area (TPSA) is 118 Å². The quantitative estimate of drug-likeness (QED) is 0.143. The van der Waals surface area contributed by atoms with Crippen LogP contribution < -0.4 is 14.3 Å². The van der Waals surface area contributed by atoms with E-state index < -0.39 is 17.1 Å². The van der Waals surface area contributed by atoms with Gasteiger partial charge in [0.1, 0.15) is 18.5 Å². The van der Waals surface area contributed by atoms with E-state index in [1.807, 2.05) is 42.5 Å². The molecule has 0 saturated carbocycles. The number of aliphatic hydroxyl groups excluding tert-OH is 1. The van der Waals surface area contributed by atoms with Crippen LogP contribution in [0.2, 0.25) is 10.0 Å². The van der Waals surface area contributed by atoms with Crippen LogP contribution in [0.25, 0.3) is 16.2 Å². The number of aromatic nitrogens is 1. The van der Waals surface area contributed by atoms with Crippen LogP contribution in [0.15, 0.2) is 66.7 Å². The number of halogens is 2. The predicted octanol–water partition coefficient (Wildman–Crippen LogP) is 5.65.